The van der Waals surface area contributed by atoms with E-state index in [4.69, 9.17) is 24.6 Å². The Bertz CT molecular complexity index is 1540. The van der Waals surface area contributed by atoms with Crippen molar-refractivity contribution < 1.29 is 54.2 Å². The molecule has 256 valence electrons. The van der Waals surface area contributed by atoms with Crippen LogP contribution >= 0.6 is 0 Å². The molecule has 2 atom stereocenters. The van der Waals surface area contributed by atoms with E-state index in [2.05, 4.69) is 10.3 Å². The maximum atomic E-state index is 13.7. The molecule has 0 spiro atoms. The summed E-state index contributed by atoms with van der Waals surface area (Å²) in [5.74, 6) is -2.07. The van der Waals surface area contributed by atoms with Crippen molar-refractivity contribution in [3.8, 4) is 0 Å². The summed E-state index contributed by atoms with van der Waals surface area (Å²) in [6, 6.07) is 6.88. The van der Waals surface area contributed by atoms with Crippen LogP contribution in [0.15, 0.2) is 42.6 Å². The molecule has 18 heteroatoms. The zero-order chi connectivity index (χ0) is 34.7. The number of anilines is 4. The van der Waals surface area contributed by atoms with Gasteiger partial charge in [0.05, 0.1) is 29.0 Å². The molecule has 0 amide bonds. The summed E-state index contributed by atoms with van der Waals surface area (Å²) in [5.41, 5.74) is 0.173. The third kappa shape index (κ3) is 9.14. The van der Waals surface area contributed by atoms with E-state index in [1.54, 1.807) is 4.90 Å². The van der Waals surface area contributed by atoms with Gasteiger partial charge in [0, 0.05) is 50.0 Å². The fourth-order valence-electron chi connectivity index (χ4n) is 5.13. The standard InChI is InChI=1S/C27H28F6N6O.C2HF3O2/c1-16-14-39(15-17(2)40-16)25-36-22-10-13-38(24-21(27(31,32)33)4-3-11-34-24)12-9-20(22)23(37-25)35-19-7-5-18(6-8-19)26(28,29)30;3-2(4,5)1(6)7/h3-8,11,16-17H,9-10,12-15H2,1-2H3,(H,35,36,37);(H,6,7)/t16-,17+;. The lowest BCUT2D eigenvalue weighted by Crippen LogP contribution is -2.46. The molecule has 47 heavy (non-hydrogen) atoms. The Morgan fingerprint density at radius 1 is 0.872 bits per heavy atom. The van der Waals surface area contributed by atoms with Gasteiger partial charge in [0.2, 0.25) is 5.95 Å². The van der Waals surface area contributed by atoms with E-state index in [9.17, 15) is 39.5 Å². The summed E-state index contributed by atoms with van der Waals surface area (Å²) >= 11 is 0. The van der Waals surface area contributed by atoms with Crippen LogP contribution < -0.4 is 15.1 Å². The van der Waals surface area contributed by atoms with Crippen LogP contribution in [0.5, 0.6) is 0 Å². The number of carbonyl (C=O) groups is 1. The molecule has 2 aromatic heterocycles. The monoisotopic (exact) mass is 680 g/mol. The molecule has 9 nitrogen and oxygen atoms in total. The average Bonchev–Trinajstić information content (AvgIpc) is 3.19. The molecule has 0 unspecified atom stereocenters. The van der Waals surface area contributed by atoms with E-state index in [-0.39, 0.29) is 31.1 Å². The van der Waals surface area contributed by atoms with E-state index < -0.39 is 35.6 Å². The van der Waals surface area contributed by atoms with Gasteiger partial charge in [0.15, 0.2) is 0 Å². The highest BCUT2D eigenvalue weighted by atomic mass is 19.4. The fourth-order valence-corrected chi connectivity index (χ4v) is 5.13. The third-order valence-electron chi connectivity index (χ3n) is 7.14. The molecule has 5 rings (SSSR count). The number of pyridine rings is 1. The minimum Gasteiger partial charge on any atom is -0.475 e. The van der Waals surface area contributed by atoms with Crippen molar-refractivity contribution >= 4 is 29.2 Å². The molecule has 2 aliphatic heterocycles. The highest BCUT2D eigenvalue weighted by Gasteiger charge is 2.38. The fraction of sp³-hybridized carbons (Fsp3) is 0.448. The van der Waals surface area contributed by atoms with Crippen LogP contribution in [0, 0.1) is 0 Å². The van der Waals surface area contributed by atoms with E-state index in [1.165, 1.54) is 24.4 Å². The second-order valence-corrected chi connectivity index (χ2v) is 10.8. The minimum atomic E-state index is -5.08. The van der Waals surface area contributed by atoms with Crippen LogP contribution in [0.4, 0.5) is 62.8 Å². The lowest BCUT2D eigenvalue weighted by molar-refractivity contribution is -0.192. The normalized spacial score (nSPS) is 18.9. The number of ether oxygens (including phenoxy) is 1. The van der Waals surface area contributed by atoms with Crippen LogP contribution in [0.2, 0.25) is 0 Å². The Kier molecular flexibility index (Phi) is 10.4. The van der Waals surface area contributed by atoms with Gasteiger partial charge in [0.1, 0.15) is 11.6 Å². The first kappa shape index (κ1) is 35.5. The number of hydrogen-bond acceptors (Lipinski definition) is 8. The van der Waals surface area contributed by atoms with Gasteiger partial charge >= 0.3 is 24.5 Å². The van der Waals surface area contributed by atoms with Crippen molar-refractivity contribution in [2.24, 2.45) is 0 Å². The first-order chi connectivity index (χ1) is 21.8. The Morgan fingerprint density at radius 2 is 1.47 bits per heavy atom. The lowest BCUT2D eigenvalue weighted by atomic mass is 10.1. The van der Waals surface area contributed by atoms with Gasteiger partial charge in [-0.1, -0.05) is 0 Å². The number of rotatable bonds is 4. The zero-order valence-electron chi connectivity index (χ0n) is 24.8. The van der Waals surface area contributed by atoms with Crippen LogP contribution in [-0.4, -0.2) is 70.6 Å². The second-order valence-electron chi connectivity index (χ2n) is 10.8. The highest BCUT2D eigenvalue weighted by Crippen LogP contribution is 2.37. The molecule has 3 aromatic rings. The van der Waals surface area contributed by atoms with Crippen molar-refractivity contribution in [2.75, 3.05) is 41.3 Å². The van der Waals surface area contributed by atoms with Gasteiger partial charge in [-0.3, -0.25) is 0 Å². The van der Waals surface area contributed by atoms with Gasteiger partial charge in [-0.05, 0) is 56.7 Å². The van der Waals surface area contributed by atoms with E-state index in [0.29, 0.717) is 54.6 Å². The molecule has 1 aromatic carbocycles. The quantitative estimate of drug-likeness (QED) is 0.299. The van der Waals surface area contributed by atoms with Crippen LogP contribution in [0.3, 0.4) is 0 Å². The highest BCUT2D eigenvalue weighted by molar-refractivity contribution is 5.73. The lowest BCUT2D eigenvalue weighted by Gasteiger charge is -2.35. The molecule has 0 radical (unpaired) electrons. The van der Waals surface area contributed by atoms with Crippen molar-refractivity contribution in [2.45, 2.75) is 57.4 Å². The molecule has 2 N–H and O–H groups in total. The van der Waals surface area contributed by atoms with Gasteiger partial charge in [-0.2, -0.15) is 44.5 Å². The van der Waals surface area contributed by atoms with Crippen LogP contribution in [-0.2, 0) is 34.7 Å². The molecule has 0 bridgehead atoms. The van der Waals surface area contributed by atoms with Crippen molar-refractivity contribution in [3.63, 3.8) is 0 Å². The summed E-state index contributed by atoms with van der Waals surface area (Å²) in [6.45, 7) is 5.44. The minimum absolute atomic E-state index is 0.0714. The number of carboxylic acids is 1. The zero-order valence-corrected chi connectivity index (χ0v) is 24.8. The number of nitrogens with zero attached hydrogens (tertiary/aromatic N) is 5. The number of hydrogen-bond donors (Lipinski definition) is 2. The summed E-state index contributed by atoms with van der Waals surface area (Å²) in [4.78, 5) is 26.1. The van der Waals surface area contributed by atoms with Crippen molar-refractivity contribution in [3.05, 3.63) is 65.0 Å². The van der Waals surface area contributed by atoms with Crippen molar-refractivity contribution in [1.82, 2.24) is 15.0 Å². The smallest absolute Gasteiger partial charge is 0.475 e. The maximum absolute atomic E-state index is 13.7. The Labute approximate surface area is 262 Å². The number of aliphatic carboxylic acids is 1. The molecule has 0 aliphatic carbocycles. The largest absolute Gasteiger partial charge is 0.490 e. The summed E-state index contributed by atoms with van der Waals surface area (Å²) in [5, 5.41) is 10.3. The summed E-state index contributed by atoms with van der Waals surface area (Å²) in [6.07, 6.45) is -12.3. The average molecular weight is 681 g/mol. The SMILES string of the molecule is C[C@@H]1CN(c2nc3c(c(Nc4ccc(C(F)(F)F)cc4)n2)CCN(c2ncccc2C(F)(F)F)CC3)C[C@H](C)O1.O=C(O)C(F)(F)F. The number of halogens is 9. The van der Waals surface area contributed by atoms with E-state index in [1.807, 2.05) is 18.7 Å². The molecular formula is C29H29F9N6O3. The number of alkyl halides is 9. The topological polar surface area (TPSA) is 104 Å². The van der Waals surface area contributed by atoms with Crippen LogP contribution in [0.25, 0.3) is 0 Å². The molecule has 1 fully saturated rings. The molecule has 0 saturated carbocycles. The first-order valence-corrected chi connectivity index (χ1v) is 14.1. The Morgan fingerprint density at radius 3 is 2.02 bits per heavy atom. The number of morpholine rings is 1. The summed E-state index contributed by atoms with van der Waals surface area (Å²) in [7, 11) is 0. The van der Waals surface area contributed by atoms with Gasteiger partial charge in [0.25, 0.3) is 0 Å². The number of carboxylic acid groups (broad SMARTS) is 1. The molecular weight excluding hydrogens is 651 g/mol. The van der Waals surface area contributed by atoms with Gasteiger partial charge < -0.3 is 25.0 Å². The van der Waals surface area contributed by atoms with E-state index in [0.717, 1.165) is 18.2 Å². The number of benzene rings is 1. The maximum Gasteiger partial charge on any atom is 0.490 e. The van der Waals surface area contributed by atoms with Gasteiger partial charge in [-0.15, -0.1) is 0 Å². The molecule has 2 aliphatic rings. The van der Waals surface area contributed by atoms with Crippen molar-refractivity contribution in [1.29, 1.82) is 0 Å². The van der Waals surface area contributed by atoms with Gasteiger partial charge in [-0.25, -0.2) is 14.8 Å². The van der Waals surface area contributed by atoms with Crippen LogP contribution in [0.1, 0.15) is 36.2 Å². The predicted octanol–water partition coefficient (Wildman–Crippen LogP) is 6.50. The van der Waals surface area contributed by atoms with E-state index >= 15 is 0 Å². The molecule has 1 saturated heterocycles. The number of fused-ring (bicyclic) bond motifs is 1. The predicted molar refractivity (Wildman–Crippen MR) is 152 cm³/mol. The third-order valence-corrected chi connectivity index (χ3v) is 7.14. The number of aromatic nitrogens is 3. The summed E-state index contributed by atoms with van der Waals surface area (Å²) < 4.78 is 118. The Hall–Kier alpha value is -4.35. The number of nitrogens with one attached hydrogen (secondary N) is 1. The Balaban J connectivity index is 0.000000644. The molecule has 4 heterocycles. The first-order valence-electron chi connectivity index (χ1n) is 14.1. The second kappa shape index (κ2) is 13.8.